The number of carbonyl (C=O) groups excluding carboxylic acids is 2. The van der Waals surface area contributed by atoms with Gasteiger partial charge in [-0.25, -0.2) is 4.90 Å². The Morgan fingerprint density at radius 2 is 1.70 bits per heavy atom. The number of fused-ring (bicyclic) bond motifs is 4. The third kappa shape index (κ3) is 2.91. The summed E-state index contributed by atoms with van der Waals surface area (Å²) in [4.78, 5) is 28.5. The summed E-state index contributed by atoms with van der Waals surface area (Å²) in [7, 11) is 1.96. The second-order valence-electron chi connectivity index (χ2n) is 9.10. The Kier molecular flexibility index (Phi) is 4.52. The normalized spacial score (nSPS) is 18.8. The number of nitrogens with zero attached hydrogens (tertiary/aromatic N) is 3. The molecule has 0 aliphatic carbocycles. The predicted octanol–water partition coefficient (Wildman–Crippen LogP) is 4.00. The summed E-state index contributed by atoms with van der Waals surface area (Å²) >= 11 is 0. The summed E-state index contributed by atoms with van der Waals surface area (Å²) in [5.74, 6) is -0.0808. The number of hydrogen-bond acceptors (Lipinski definition) is 3. The SMILES string of the molecule is Cn1cc(C2=CC(=O)N(c3c4n(c5ccccc35)CCC(CN)CC4)C2=O)c2ccccc21. The van der Waals surface area contributed by atoms with E-state index in [4.69, 9.17) is 5.73 Å². The quantitative estimate of drug-likeness (QED) is 0.492. The lowest BCUT2D eigenvalue weighted by Gasteiger charge is -2.17. The first-order valence-corrected chi connectivity index (χ1v) is 11.5. The first-order chi connectivity index (χ1) is 16.1. The van der Waals surface area contributed by atoms with Gasteiger partial charge in [-0.1, -0.05) is 36.4 Å². The van der Waals surface area contributed by atoms with Crippen LogP contribution in [0.5, 0.6) is 0 Å². The Bertz CT molecular complexity index is 1470. The first kappa shape index (κ1) is 20.0. The van der Waals surface area contributed by atoms with Gasteiger partial charge in [0.2, 0.25) is 0 Å². The van der Waals surface area contributed by atoms with E-state index in [2.05, 4.69) is 10.6 Å². The van der Waals surface area contributed by atoms with E-state index >= 15 is 0 Å². The smallest absolute Gasteiger partial charge is 0.266 e. The third-order valence-corrected chi connectivity index (χ3v) is 7.27. The van der Waals surface area contributed by atoms with Gasteiger partial charge in [-0.3, -0.25) is 9.59 Å². The van der Waals surface area contributed by atoms with Crippen LogP contribution in [0.1, 0.15) is 24.1 Å². The van der Waals surface area contributed by atoms with Crippen molar-refractivity contribution in [3.63, 3.8) is 0 Å². The van der Waals surface area contributed by atoms with Crippen molar-refractivity contribution < 1.29 is 9.59 Å². The second-order valence-corrected chi connectivity index (χ2v) is 9.10. The summed E-state index contributed by atoms with van der Waals surface area (Å²) in [6.45, 7) is 1.50. The standard InChI is InChI=1S/C27H26N4O2/c1-29-16-21(18-6-2-4-8-22(18)29)20-14-25(32)31(27(20)33)26-19-7-3-5-9-23(19)30-13-12-17(15-28)10-11-24(26)30/h2-9,14,16-17H,10-13,15,28H2,1H3. The van der Waals surface area contributed by atoms with Crippen LogP contribution in [0, 0.1) is 5.92 Å². The van der Waals surface area contributed by atoms with E-state index in [1.807, 2.05) is 60.3 Å². The Morgan fingerprint density at radius 3 is 2.48 bits per heavy atom. The summed E-state index contributed by atoms with van der Waals surface area (Å²) in [6, 6.07) is 16.0. The maximum absolute atomic E-state index is 13.8. The molecular weight excluding hydrogens is 412 g/mol. The fraction of sp³-hybridized carbons (Fsp3) is 0.259. The van der Waals surface area contributed by atoms with Crippen molar-refractivity contribution in [3.05, 3.63) is 72.1 Å². The van der Waals surface area contributed by atoms with Crippen LogP contribution in [-0.2, 0) is 29.6 Å². The molecule has 4 heterocycles. The lowest BCUT2D eigenvalue weighted by molar-refractivity contribution is -0.119. The fourth-order valence-corrected chi connectivity index (χ4v) is 5.56. The molecule has 2 aromatic carbocycles. The molecule has 33 heavy (non-hydrogen) atoms. The van der Waals surface area contributed by atoms with Crippen LogP contribution in [-0.4, -0.2) is 27.5 Å². The molecule has 6 rings (SSSR count). The lowest BCUT2D eigenvalue weighted by Crippen LogP contribution is -2.31. The zero-order chi connectivity index (χ0) is 22.7. The number of aromatic nitrogens is 2. The van der Waals surface area contributed by atoms with Gasteiger partial charge in [0.1, 0.15) is 0 Å². The molecule has 6 nitrogen and oxygen atoms in total. The molecule has 0 saturated heterocycles. The summed E-state index contributed by atoms with van der Waals surface area (Å²) in [5, 5.41) is 1.92. The van der Waals surface area contributed by atoms with Crippen molar-refractivity contribution in [1.82, 2.24) is 9.13 Å². The minimum absolute atomic E-state index is 0.255. The topological polar surface area (TPSA) is 73.3 Å². The number of rotatable bonds is 3. The molecule has 0 spiro atoms. The van der Waals surface area contributed by atoms with Crippen molar-refractivity contribution in [3.8, 4) is 0 Å². The van der Waals surface area contributed by atoms with Gasteiger partial charge in [0.25, 0.3) is 11.8 Å². The largest absolute Gasteiger partial charge is 0.350 e. The van der Waals surface area contributed by atoms with Crippen LogP contribution in [0.2, 0.25) is 0 Å². The van der Waals surface area contributed by atoms with Crippen molar-refractivity contribution in [2.45, 2.75) is 25.8 Å². The summed E-state index contributed by atoms with van der Waals surface area (Å²) in [5.41, 5.74) is 11.1. The van der Waals surface area contributed by atoms with Gasteiger partial charge in [0, 0.05) is 53.4 Å². The molecule has 6 heteroatoms. The molecule has 2 aliphatic heterocycles. The van der Waals surface area contributed by atoms with Gasteiger partial charge in [0.15, 0.2) is 0 Å². The molecule has 0 fully saturated rings. The molecule has 1 unspecified atom stereocenters. The lowest BCUT2D eigenvalue weighted by atomic mass is 9.99. The summed E-state index contributed by atoms with van der Waals surface area (Å²) in [6.07, 6.45) is 6.20. The van der Waals surface area contributed by atoms with Gasteiger partial charge in [-0.15, -0.1) is 0 Å². The Balaban J connectivity index is 1.49. The Hall–Kier alpha value is -3.64. The highest BCUT2D eigenvalue weighted by atomic mass is 16.2. The zero-order valence-electron chi connectivity index (χ0n) is 18.6. The molecule has 2 N–H and O–H groups in total. The Labute approximate surface area is 191 Å². The third-order valence-electron chi connectivity index (χ3n) is 7.27. The van der Waals surface area contributed by atoms with Crippen LogP contribution in [0.3, 0.4) is 0 Å². The molecule has 0 saturated carbocycles. The van der Waals surface area contributed by atoms with Crippen molar-refractivity contribution >= 4 is 44.9 Å². The number of nitrogens with two attached hydrogens (primary N) is 1. The number of carbonyl (C=O) groups is 2. The highest BCUT2D eigenvalue weighted by molar-refractivity contribution is 6.45. The highest BCUT2D eigenvalue weighted by Crippen LogP contribution is 2.41. The number of imide groups is 1. The average molecular weight is 439 g/mol. The molecule has 4 aromatic rings. The number of benzene rings is 2. The Morgan fingerprint density at radius 1 is 0.970 bits per heavy atom. The van der Waals surface area contributed by atoms with Crippen LogP contribution in [0.4, 0.5) is 5.69 Å². The number of hydrogen-bond donors (Lipinski definition) is 1. The molecule has 2 aromatic heterocycles. The van der Waals surface area contributed by atoms with E-state index in [-0.39, 0.29) is 11.8 Å². The number of amides is 2. The second kappa shape index (κ2) is 7.46. The number of para-hydroxylation sites is 2. The van der Waals surface area contributed by atoms with E-state index < -0.39 is 0 Å². The monoisotopic (exact) mass is 438 g/mol. The molecule has 1 atom stereocenters. The van der Waals surface area contributed by atoms with Gasteiger partial charge in [-0.05, 0) is 43.9 Å². The van der Waals surface area contributed by atoms with Gasteiger partial charge in [0.05, 0.1) is 16.8 Å². The van der Waals surface area contributed by atoms with Crippen LogP contribution in [0.25, 0.3) is 27.4 Å². The first-order valence-electron chi connectivity index (χ1n) is 11.5. The van der Waals surface area contributed by atoms with E-state index in [9.17, 15) is 9.59 Å². The molecule has 2 amide bonds. The summed E-state index contributed by atoms with van der Waals surface area (Å²) < 4.78 is 4.29. The van der Waals surface area contributed by atoms with Gasteiger partial charge < -0.3 is 14.9 Å². The number of anilines is 1. The predicted molar refractivity (Wildman–Crippen MR) is 131 cm³/mol. The van der Waals surface area contributed by atoms with Crippen molar-refractivity contribution in [1.29, 1.82) is 0 Å². The molecule has 166 valence electrons. The average Bonchev–Trinajstić information content (AvgIpc) is 3.35. The van der Waals surface area contributed by atoms with Gasteiger partial charge in [-0.2, -0.15) is 0 Å². The maximum Gasteiger partial charge on any atom is 0.266 e. The van der Waals surface area contributed by atoms with Crippen LogP contribution < -0.4 is 10.6 Å². The van der Waals surface area contributed by atoms with E-state index in [1.54, 1.807) is 0 Å². The zero-order valence-corrected chi connectivity index (χ0v) is 18.6. The molecular formula is C27H26N4O2. The van der Waals surface area contributed by atoms with Gasteiger partial charge >= 0.3 is 0 Å². The molecule has 0 radical (unpaired) electrons. The molecule has 2 aliphatic rings. The van der Waals surface area contributed by atoms with Crippen molar-refractivity contribution in [2.24, 2.45) is 18.7 Å². The van der Waals surface area contributed by atoms with Crippen LogP contribution >= 0.6 is 0 Å². The minimum atomic E-state index is -0.276. The van der Waals surface area contributed by atoms with E-state index in [1.165, 1.54) is 11.0 Å². The maximum atomic E-state index is 13.8. The van der Waals surface area contributed by atoms with E-state index in [0.29, 0.717) is 18.0 Å². The highest BCUT2D eigenvalue weighted by Gasteiger charge is 2.38. The van der Waals surface area contributed by atoms with Crippen LogP contribution in [0.15, 0.2) is 60.8 Å². The van der Waals surface area contributed by atoms with Crippen molar-refractivity contribution in [2.75, 3.05) is 11.4 Å². The fourth-order valence-electron chi connectivity index (χ4n) is 5.56. The minimum Gasteiger partial charge on any atom is -0.350 e. The number of aryl methyl sites for hydroxylation is 2. The van der Waals surface area contributed by atoms with E-state index in [0.717, 1.165) is 64.6 Å². The molecule has 0 bridgehead atoms.